The molecule has 2 heterocycles. The molecule has 3 nitrogen and oxygen atoms in total. The number of halogens is 2. The van der Waals surface area contributed by atoms with Gasteiger partial charge in [0.2, 0.25) is 5.28 Å². The van der Waals surface area contributed by atoms with E-state index in [1.165, 1.54) is 0 Å². The van der Waals surface area contributed by atoms with Crippen LogP contribution in [-0.2, 0) is 0 Å². The van der Waals surface area contributed by atoms with Crippen molar-refractivity contribution in [1.29, 1.82) is 0 Å². The average Bonchev–Trinajstić information content (AvgIpc) is 3.05. The lowest BCUT2D eigenvalue weighted by Crippen LogP contribution is -2.12. The third kappa shape index (κ3) is 3.15. The summed E-state index contributed by atoms with van der Waals surface area (Å²) in [7, 11) is 2.00. The molecule has 124 valence electrons. The van der Waals surface area contributed by atoms with Crippen molar-refractivity contribution in [2.75, 3.05) is 11.9 Å². The number of fused-ring (bicyclic) bond motifs is 1. The molecule has 0 saturated heterocycles. The molecule has 2 aromatic heterocycles. The highest BCUT2D eigenvalue weighted by atomic mass is 79.9. The number of rotatable bonds is 3. The van der Waals surface area contributed by atoms with Gasteiger partial charge in [0.25, 0.3) is 0 Å². The zero-order valence-corrected chi connectivity index (χ0v) is 16.4. The lowest BCUT2D eigenvalue weighted by atomic mass is 10.1. The van der Waals surface area contributed by atoms with Gasteiger partial charge in [-0.05, 0) is 41.4 Å². The highest BCUT2D eigenvalue weighted by Crippen LogP contribution is 2.40. The van der Waals surface area contributed by atoms with Crippen LogP contribution in [0.15, 0.2) is 64.5 Å². The van der Waals surface area contributed by atoms with E-state index in [9.17, 15) is 0 Å². The Hall–Kier alpha value is -1.95. The van der Waals surface area contributed by atoms with Gasteiger partial charge >= 0.3 is 0 Å². The summed E-state index contributed by atoms with van der Waals surface area (Å²) >= 11 is 11.3. The maximum Gasteiger partial charge on any atom is 0.225 e. The van der Waals surface area contributed by atoms with Crippen molar-refractivity contribution >= 4 is 60.6 Å². The third-order valence-electron chi connectivity index (χ3n) is 4.00. The van der Waals surface area contributed by atoms with Crippen LogP contribution in [0.5, 0.6) is 0 Å². The van der Waals surface area contributed by atoms with Gasteiger partial charge in [-0.2, -0.15) is 4.98 Å². The van der Waals surface area contributed by atoms with Gasteiger partial charge in [-0.3, -0.25) is 0 Å². The molecule has 0 unspecified atom stereocenters. The summed E-state index contributed by atoms with van der Waals surface area (Å²) in [5.74, 6) is 0.806. The minimum absolute atomic E-state index is 0.259. The SMILES string of the molecule is CN(c1ccccc1)c1nc(Cl)nc2scc(-c3ccc(Br)cc3)c12. The summed E-state index contributed by atoms with van der Waals surface area (Å²) in [6.07, 6.45) is 0. The van der Waals surface area contributed by atoms with Gasteiger partial charge < -0.3 is 4.90 Å². The van der Waals surface area contributed by atoms with Crippen molar-refractivity contribution in [2.24, 2.45) is 0 Å². The van der Waals surface area contributed by atoms with Gasteiger partial charge in [-0.15, -0.1) is 11.3 Å². The first-order valence-electron chi connectivity index (χ1n) is 7.63. The Morgan fingerprint density at radius 3 is 2.44 bits per heavy atom. The topological polar surface area (TPSA) is 29.0 Å². The molecule has 0 amide bonds. The molecule has 25 heavy (non-hydrogen) atoms. The number of nitrogens with zero attached hydrogens (tertiary/aromatic N) is 3. The summed E-state index contributed by atoms with van der Waals surface area (Å²) in [6, 6.07) is 18.4. The predicted molar refractivity (Wildman–Crippen MR) is 110 cm³/mol. The second-order valence-electron chi connectivity index (χ2n) is 5.55. The van der Waals surface area contributed by atoms with E-state index in [-0.39, 0.29) is 5.28 Å². The molecule has 4 aromatic rings. The van der Waals surface area contributed by atoms with Crippen molar-refractivity contribution in [3.05, 3.63) is 69.7 Å². The monoisotopic (exact) mass is 429 g/mol. The molecule has 2 aromatic carbocycles. The molecular weight excluding hydrogens is 418 g/mol. The van der Waals surface area contributed by atoms with Crippen LogP contribution in [0, 0.1) is 0 Å². The minimum atomic E-state index is 0.259. The van der Waals surface area contributed by atoms with Crippen LogP contribution >= 0.6 is 38.9 Å². The summed E-state index contributed by atoms with van der Waals surface area (Å²) in [6.45, 7) is 0. The highest BCUT2D eigenvalue weighted by Gasteiger charge is 2.18. The zero-order valence-electron chi connectivity index (χ0n) is 13.3. The molecule has 0 atom stereocenters. The van der Waals surface area contributed by atoms with Crippen molar-refractivity contribution in [3.63, 3.8) is 0 Å². The van der Waals surface area contributed by atoms with E-state index in [0.29, 0.717) is 0 Å². The normalized spacial score (nSPS) is 11.0. The largest absolute Gasteiger partial charge is 0.329 e. The molecule has 6 heteroatoms. The fourth-order valence-corrected chi connectivity index (χ4v) is 4.18. The number of thiophene rings is 1. The van der Waals surface area contributed by atoms with Gasteiger partial charge in [0, 0.05) is 28.2 Å². The fourth-order valence-electron chi connectivity index (χ4n) is 2.76. The number of para-hydroxylation sites is 1. The molecule has 4 rings (SSSR count). The second kappa shape index (κ2) is 6.75. The zero-order chi connectivity index (χ0) is 17.4. The predicted octanol–water partition coefficient (Wildman–Crippen LogP) is 6.54. The molecule has 0 aliphatic heterocycles. The Bertz CT molecular complexity index is 1030. The van der Waals surface area contributed by atoms with Crippen LogP contribution < -0.4 is 4.90 Å². The van der Waals surface area contributed by atoms with E-state index in [1.54, 1.807) is 11.3 Å². The first kappa shape index (κ1) is 16.5. The van der Waals surface area contributed by atoms with Gasteiger partial charge in [0.15, 0.2) is 0 Å². The van der Waals surface area contributed by atoms with E-state index in [0.717, 1.165) is 37.3 Å². The van der Waals surface area contributed by atoms with E-state index >= 15 is 0 Å². The Balaban J connectivity index is 1.94. The first-order valence-corrected chi connectivity index (χ1v) is 9.68. The molecule has 0 aliphatic rings. The van der Waals surface area contributed by atoms with Crippen molar-refractivity contribution in [3.8, 4) is 11.1 Å². The molecule has 0 spiro atoms. The van der Waals surface area contributed by atoms with Gasteiger partial charge in [0.1, 0.15) is 10.6 Å². The summed E-state index contributed by atoms with van der Waals surface area (Å²) in [5.41, 5.74) is 3.29. The second-order valence-corrected chi connectivity index (χ2v) is 7.66. The van der Waals surface area contributed by atoms with Crippen molar-refractivity contribution in [2.45, 2.75) is 0 Å². The summed E-state index contributed by atoms with van der Waals surface area (Å²) < 4.78 is 1.05. The number of anilines is 2. The molecule has 0 N–H and O–H groups in total. The number of aromatic nitrogens is 2. The van der Waals surface area contributed by atoms with Crippen LogP contribution in [0.2, 0.25) is 5.28 Å². The molecule has 0 radical (unpaired) electrons. The van der Waals surface area contributed by atoms with Crippen molar-refractivity contribution < 1.29 is 0 Å². The van der Waals surface area contributed by atoms with Gasteiger partial charge in [0.05, 0.1) is 5.39 Å². The van der Waals surface area contributed by atoms with E-state index < -0.39 is 0 Å². The standard InChI is InChI=1S/C19H13BrClN3S/c1-24(14-5-3-2-4-6-14)17-16-15(12-7-9-13(20)10-8-12)11-25-18(16)23-19(21)22-17/h2-11H,1H3. The van der Waals surface area contributed by atoms with Crippen molar-refractivity contribution in [1.82, 2.24) is 9.97 Å². The van der Waals surface area contributed by atoms with Gasteiger partial charge in [-0.1, -0.05) is 46.3 Å². The Morgan fingerprint density at radius 1 is 1.00 bits per heavy atom. The third-order valence-corrected chi connectivity index (χ3v) is 5.57. The fraction of sp³-hybridized carbons (Fsp3) is 0.0526. The summed E-state index contributed by atoms with van der Waals surface area (Å²) in [5, 5.41) is 3.39. The van der Waals surface area contributed by atoms with Crippen LogP contribution in [0.4, 0.5) is 11.5 Å². The summed E-state index contributed by atoms with van der Waals surface area (Å²) in [4.78, 5) is 11.9. The maximum atomic E-state index is 6.18. The smallest absolute Gasteiger partial charge is 0.225 e. The molecular formula is C19H13BrClN3S. The number of benzene rings is 2. The van der Waals surface area contributed by atoms with E-state index in [4.69, 9.17) is 11.6 Å². The van der Waals surface area contributed by atoms with E-state index in [2.05, 4.69) is 43.4 Å². The highest BCUT2D eigenvalue weighted by molar-refractivity contribution is 9.10. The maximum absolute atomic E-state index is 6.18. The van der Waals surface area contributed by atoms with E-state index in [1.807, 2.05) is 54.4 Å². The quantitative estimate of drug-likeness (QED) is 0.345. The number of hydrogen-bond acceptors (Lipinski definition) is 4. The molecule has 0 bridgehead atoms. The van der Waals surface area contributed by atoms with Crippen LogP contribution in [0.3, 0.4) is 0 Å². The van der Waals surface area contributed by atoms with Crippen LogP contribution in [-0.4, -0.2) is 17.0 Å². The Kier molecular flexibility index (Phi) is 4.46. The first-order chi connectivity index (χ1) is 12.1. The van der Waals surface area contributed by atoms with Crippen LogP contribution in [0.25, 0.3) is 21.3 Å². The Morgan fingerprint density at radius 2 is 1.72 bits per heavy atom. The lowest BCUT2D eigenvalue weighted by molar-refractivity contribution is 1.12. The van der Waals surface area contributed by atoms with Gasteiger partial charge in [-0.25, -0.2) is 4.98 Å². The molecule has 0 fully saturated rings. The number of hydrogen-bond donors (Lipinski definition) is 0. The molecule has 0 aliphatic carbocycles. The minimum Gasteiger partial charge on any atom is -0.329 e. The Labute approximate surface area is 163 Å². The van der Waals surface area contributed by atoms with Crippen LogP contribution in [0.1, 0.15) is 0 Å². The molecule has 0 saturated carbocycles. The average molecular weight is 431 g/mol. The lowest BCUT2D eigenvalue weighted by Gasteiger charge is -2.20.